The number of methoxy groups -OCH3 is 1. The molecule has 0 saturated carbocycles. The average molecular weight is 370 g/mol. The molecule has 144 valence electrons. The molecule has 1 aromatic carbocycles. The van der Waals surface area contributed by atoms with Crippen molar-refractivity contribution in [3.8, 4) is 11.8 Å². The van der Waals surface area contributed by atoms with Crippen molar-refractivity contribution in [2.75, 3.05) is 13.7 Å². The highest BCUT2D eigenvalue weighted by Crippen LogP contribution is 2.43. The van der Waals surface area contributed by atoms with Gasteiger partial charge in [0.2, 0.25) is 5.88 Å². The van der Waals surface area contributed by atoms with E-state index in [4.69, 9.17) is 19.9 Å². The fourth-order valence-corrected chi connectivity index (χ4v) is 3.32. The van der Waals surface area contributed by atoms with Gasteiger partial charge in [-0.05, 0) is 49.9 Å². The fraction of sp³-hybridized carbons (Fsp3) is 0.429. The minimum Gasteiger partial charge on any atom is -0.496 e. The first-order chi connectivity index (χ1) is 12.9. The fourth-order valence-electron chi connectivity index (χ4n) is 3.32. The minimum atomic E-state index is -0.631. The zero-order valence-electron chi connectivity index (χ0n) is 16.5. The third kappa shape index (κ3) is 3.92. The summed E-state index contributed by atoms with van der Waals surface area (Å²) in [7, 11) is 1.61. The quantitative estimate of drug-likeness (QED) is 0.767. The van der Waals surface area contributed by atoms with Crippen LogP contribution in [0.25, 0.3) is 0 Å². The van der Waals surface area contributed by atoms with E-state index >= 15 is 0 Å². The molecule has 0 amide bonds. The highest BCUT2D eigenvalue weighted by molar-refractivity contribution is 5.92. The summed E-state index contributed by atoms with van der Waals surface area (Å²) in [5.41, 5.74) is 9.21. The first-order valence-corrected chi connectivity index (χ1v) is 9.02. The number of esters is 1. The van der Waals surface area contributed by atoms with Gasteiger partial charge in [-0.25, -0.2) is 4.79 Å². The van der Waals surface area contributed by atoms with Crippen LogP contribution >= 0.6 is 0 Å². The van der Waals surface area contributed by atoms with Crippen LogP contribution in [0.5, 0.6) is 5.75 Å². The highest BCUT2D eigenvalue weighted by Gasteiger charge is 2.38. The predicted octanol–water partition coefficient (Wildman–Crippen LogP) is 3.74. The molecule has 2 rings (SSSR count). The number of hydrogen-bond donors (Lipinski definition) is 1. The number of nitrogens with zero attached hydrogens (tertiary/aromatic N) is 1. The molecule has 0 aliphatic carbocycles. The van der Waals surface area contributed by atoms with E-state index < -0.39 is 11.9 Å². The zero-order valence-corrected chi connectivity index (χ0v) is 16.5. The van der Waals surface area contributed by atoms with Crippen molar-refractivity contribution in [3.05, 3.63) is 51.6 Å². The Balaban J connectivity index is 2.76. The van der Waals surface area contributed by atoms with Crippen LogP contribution in [0.1, 0.15) is 49.3 Å². The Morgan fingerprint density at radius 1 is 1.30 bits per heavy atom. The Hall–Kier alpha value is -2.94. The van der Waals surface area contributed by atoms with Gasteiger partial charge in [-0.2, -0.15) is 5.26 Å². The van der Waals surface area contributed by atoms with Crippen LogP contribution in [0.15, 0.2) is 34.9 Å². The van der Waals surface area contributed by atoms with Gasteiger partial charge in [0, 0.05) is 6.42 Å². The number of ether oxygens (including phenoxy) is 3. The lowest BCUT2D eigenvalue weighted by molar-refractivity contribution is -0.139. The second-order valence-corrected chi connectivity index (χ2v) is 6.41. The summed E-state index contributed by atoms with van der Waals surface area (Å²) in [5, 5.41) is 9.73. The molecule has 1 aromatic rings. The van der Waals surface area contributed by atoms with Gasteiger partial charge in [0.25, 0.3) is 0 Å². The van der Waals surface area contributed by atoms with Gasteiger partial charge in [0.05, 0.1) is 25.2 Å². The lowest BCUT2D eigenvalue weighted by atomic mass is 9.80. The number of hydrogen-bond acceptors (Lipinski definition) is 6. The molecule has 0 aromatic heterocycles. The molecule has 1 heterocycles. The molecular formula is C21H26N2O4. The monoisotopic (exact) mass is 370 g/mol. The van der Waals surface area contributed by atoms with Crippen molar-refractivity contribution in [2.45, 2.75) is 46.5 Å². The van der Waals surface area contributed by atoms with Crippen LogP contribution in [0.4, 0.5) is 0 Å². The number of nitriles is 1. The van der Waals surface area contributed by atoms with Crippen molar-refractivity contribution in [1.82, 2.24) is 0 Å². The number of nitrogens with two attached hydrogens (primary N) is 1. The topological polar surface area (TPSA) is 94.6 Å². The molecule has 6 nitrogen and oxygen atoms in total. The summed E-state index contributed by atoms with van der Waals surface area (Å²) in [5.74, 6) is 0.124. The number of benzene rings is 1. The van der Waals surface area contributed by atoms with Gasteiger partial charge >= 0.3 is 5.97 Å². The van der Waals surface area contributed by atoms with Crippen molar-refractivity contribution >= 4 is 5.97 Å². The Kier molecular flexibility index (Phi) is 6.51. The summed E-state index contributed by atoms with van der Waals surface area (Å²) in [6.07, 6.45) is 1.29. The van der Waals surface area contributed by atoms with Crippen molar-refractivity contribution < 1.29 is 19.0 Å². The summed E-state index contributed by atoms with van der Waals surface area (Å²) < 4.78 is 16.3. The molecular weight excluding hydrogens is 344 g/mol. The summed E-state index contributed by atoms with van der Waals surface area (Å²) in [6, 6.07) is 5.95. The van der Waals surface area contributed by atoms with E-state index in [0.29, 0.717) is 17.8 Å². The van der Waals surface area contributed by atoms with Crippen molar-refractivity contribution in [3.63, 3.8) is 0 Å². The summed E-state index contributed by atoms with van der Waals surface area (Å²) in [6.45, 7) is 7.79. The molecule has 1 aliphatic rings. The minimum absolute atomic E-state index is 0.0341. The van der Waals surface area contributed by atoms with E-state index in [1.807, 2.05) is 32.9 Å². The molecule has 0 spiro atoms. The van der Waals surface area contributed by atoms with Gasteiger partial charge in [-0.15, -0.1) is 0 Å². The molecule has 1 atom stereocenters. The van der Waals surface area contributed by atoms with E-state index in [-0.39, 0.29) is 18.1 Å². The number of carbonyl (C=O) groups is 1. The Morgan fingerprint density at radius 3 is 2.56 bits per heavy atom. The Morgan fingerprint density at radius 2 is 2.00 bits per heavy atom. The maximum Gasteiger partial charge on any atom is 0.338 e. The van der Waals surface area contributed by atoms with Crippen molar-refractivity contribution in [1.29, 1.82) is 5.26 Å². The first kappa shape index (κ1) is 20.4. The van der Waals surface area contributed by atoms with E-state index in [2.05, 4.69) is 6.07 Å². The normalized spacial score (nSPS) is 16.7. The van der Waals surface area contributed by atoms with Crippen LogP contribution in [0.3, 0.4) is 0 Å². The van der Waals surface area contributed by atoms with Crippen LogP contribution < -0.4 is 10.5 Å². The molecule has 27 heavy (non-hydrogen) atoms. The highest BCUT2D eigenvalue weighted by atomic mass is 16.5. The van der Waals surface area contributed by atoms with Crippen LogP contribution in [0, 0.1) is 25.2 Å². The molecule has 0 radical (unpaired) electrons. The summed E-state index contributed by atoms with van der Waals surface area (Å²) >= 11 is 0. The van der Waals surface area contributed by atoms with Crippen LogP contribution in [-0.4, -0.2) is 19.7 Å². The molecule has 6 heteroatoms. The standard InChI is InChI=1S/C21H26N2O4/c1-6-8-16-19(21(24)26-7-2)18(15(11-22)20(23)27-16)14-9-13(4)17(25-5)10-12(14)3/h9-10,18H,6-8,23H2,1-5H3. The van der Waals surface area contributed by atoms with Crippen LogP contribution in [-0.2, 0) is 14.3 Å². The third-order valence-electron chi connectivity index (χ3n) is 4.56. The first-order valence-electron chi connectivity index (χ1n) is 9.02. The second-order valence-electron chi connectivity index (χ2n) is 6.41. The van der Waals surface area contributed by atoms with E-state index in [1.165, 1.54) is 0 Å². The predicted molar refractivity (Wildman–Crippen MR) is 102 cm³/mol. The third-order valence-corrected chi connectivity index (χ3v) is 4.56. The van der Waals surface area contributed by atoms with Crippen LogP contribution in [0.2, 0.25) is 0 Å². The van der Waals surface area contributed by atoms with Gasteiger partial charge in [-0.3, -0.25) is 0 Å². The average Bonchev–Trinajstić information content (AvgIpc) is 2.63. The number of carbonyl (C=O) groups excluding carboxylic acids is 1. The zero-order chi connectivity index (χ0) is 20.1. The van der Waals surface area contributed by atoms with Gasteiger partial charge in [0.1, 0.15) is 23.2 Å². The van der Waals surface area contributed by atoms with E-state index in [9.17, 15) is 10.1 Å². The molecule has 0 fully saturated rings. The molecule has 1 aliphatic heterocycles. The SMILES string of the molecule is CCCC1=C(C(=O)OCC)C(c2cc(C)c(OC)cc2C)C(C#N)=C(N)O1. The lowest BCUT2D eigenvalue weighted by Gasteiger charge is -2.29. The lowest BCUT2D eigenvalue weighted by Crippen LogP contribution is -2.26. The van der Waals surface area contributed by atoms with E-state index in [0.717, 1.165) is 28.9 Å². The largest absolute Gasteiger partial charge is 0.496 e. The van der Waals surface area contributed by atoms with Crippen molar-refractivity contribution in [2.24, 2.45) is 5.73 Å². The molecule has 2 N–H and O–H groups in total. The maximum atomic E-state index is 12.8. The maximum absolute atomic E-state index is 12.8. The molecule has 0 bridgehead atoms. The Bertz CT molecular complexity index is 846. The Labute approximate surface area is 160 Å². The number of aryl methyl sites for hydroxylation is 2. The molecule has 1 unspecified atom stereocenters. The number of allylic oxidation sites excluding steroid dienone is 2. The van der Waals surface area contributed by atoms with Gasteiger partial charge in [0.15, 0.2) is 0 Å². The summed E-state index contributed by atoms with van der Waals surface area (Å²) in [4.78, 5) is 12.8. The second kappa shape index (κ2) is 8.63. The molecule has 0 saturated heterocycles. The van der Waals surface area contributed by atoms with Gasteiger partial charge in [-0.1, -0.05) is 13.0 Å². The smallest absolute Gasteiger partial charge is 0.338 e. The number of rotatable bonds is 6. The van der Waals surface area contributed by atoms with E-state index in [1.54, 1.807) is 14.0 Å². The van der Waals surface area contributed by atoms with Gasteiger partial charge < -0.3 is 19.9 Å².